The number of anilines is 2. The first-order chi connectivity index (χ1) is 14.3. The third-order valence-electron chi connectivity index (χ3n) is 5.06. The molecule has 12 nitrogen and oxygen atoms in total. The van der Waals surface area contributed by atoms with Gasteiger partial charge in [-0.3, -0.25) is 10.1 Å². The molecule has 4 rings (SSSR count). The SMILES string of the molecule is Nc1nc(Cl)c(-c2cc3cc([N+](=O)[O-])cnc3o2)c(N[C@@H]2C[C@H](CO)[C@@H](O)[C@H]2O)n1. The number of aliphatic hydroxyl groups excluding tert-OH is 3. The van der Waals surface area contributed by atoms with Gasteiger partial charge in [0.15, 0.2) is 0 Å². The van der Waals surface area contributed by atoms with Crippen LogP contribution in [0.4, 0.5) is 17.5 Å². The Balaban J connectivity index is 1.75. The van der Waals surface area contributed by atoms with Gasteiger partial charge in [0.1, 0.15) is 29.0 Å². The van der Waals surface area contributed by atoms with Gasteiger partial charge in [-0.05, 0) is 12.5 Å². The Bertz CT molecular complexity index is 1120. The lowest BCUT2D eigenvalue weighted by atomic mass is 10.1. The summed E-state index contributed by atoms with van der Waals surface area (Å²) in [5, 5.41) is 44.0. The fourth-order valence-electron chi connectivity index (χ4n) is 3.54. The summed E-state index contributed by atoms with van der Waals surface area (Å²) in [6.45, 7) is -0.288. The zero-order chi connectivity index (χ0) is 21.6. The third kappa shape index (κ3) is 3.50. The number of nitrogens with one attached hydrogen (secondary N) is 1. The van der Waals surface area contributed by atoms with Crippen LogP contribution in [0.1, 0.15) is 6.42 Å². The highest BCUT2D eigenvalue weighted by Crippen LogP contribution is 2.38. The summed E-state index contributed by atoms with van der Waals surface area (Å²) in [5.41, 5.74) is 5.86. The number of hydrogen-bond acceptors (Lipinski definition) is 11. The van der Waals surface area contributed by atoms with Gasteiger partial charge in [-0.1, -0.05) is 11.6 Å². The van der Waals surface area contributed by atoms with Crippen molar-refractivity contribution in [3.63, 3.8) is 0 Å². The predicted octanol–water partition coefficient (Wildman–Crippen LogP) is 0.943. The maximum atomic E-state index is 11.0. The third-order valence-corrected chi connectivity index (χ3v) is 5.33. The highest BCUT2D eigenvalue weighted by atomic mass is 35.5. The predicted molar refractivity (Wildman–Crippen MR) is 106 cm³/mol. The standard InChI is InChI=1S/C17H17ClN6O6/c18-14-11(10-3-6-1-8(24(28)29)4-20-16(6)30-10)15(23-17(19)22-14)21-9-2-7(5-25)12(26)13(9)27/h1,3-4,7,9,12-13,25-27H,2,5H2,(H3,19,21,22,23)/t7-,9-,12-,13+/m1/s1. The van der Waals surface area contributed by atoms with Crippen molar-refractivity contribution in [1.82, 2.24) is 15.0 Å². The molecule has 0 aromatic carbocycles. The van der Waals surface area contributed by atoms with Crippen LogP contribution in [0.5, 0.6) is 0 Å². The molecule has 1 fully saturated rings. The molecule has 0 aliphatic heterocycles. The van der Waals surface area contributed by atoms with Gasteiger partial charge < -0.3 is 30.8 Å². The molecular formula is C17H17ClN6O6. The van der Waals surface area contributed by atoms with E-state index in [9.17, 15) is 25.4 Å². The molecule has 1 aliphatic rings. The molecule has 3 aromatic heterocycles. The topological polar surface area (TPSA) is 194 Å². The summed E-state index contributed by atoms with van der Waals surface area (Å²) >= 11 is 6.27. The number of fused-ring (bicyclic) bond motifs is 1. The van der Waals surface area contributed by atoms with Crippen molar-refractivity contribution in [1.29, 1.82) is 0 Å². The molecule has 0 amide bonds. The largest absolute Gasteiger partial charge is 0.437 e. The zero-order valence-electron chi connectivity index (χ0n) is 15.3. The average Bonchev–Trinajstić information content (AvgIpc) is 3.22. The lowest BCUT2D eigenvalue weighted by Gasteiger charge is -2.20. The normalized spacial score (nSPS) is 23.7. The minimum absolute atomic E-state index is 0.0506. The second-order valence-corrected chi connectivity index (χ2v) is 7.32. The second kappa shape index (κ2) is 7.65. The van der Waals surface area contributed by atoms with Crippen molar-refractivity contribution in [2.75, 3.05) is 17.7 Å². The molecule has 3 heterocycles. The Morgan fingerprint density at radius 1 is 1.33 bits per heavy atom. The number of pyridine rings is 1. The van der Waals surface area contributed by atoms with Gasteiger partial charge in [-0.15, -0.1) is 0 Å². The fourth-order valence-corrected chi connectivity index (χ4v) is 3.81. The Morgan fingerprint density at radius 3 is 2.77 bits per heavy atom. The summed E-state index contributed by atoms with van der Waals surface area (Å²) in [5.74, 6) is -0.331. The minimum Gasteiger partial charge on any atom is -0.437 e. The molecule has 0 spiro atoms. The van der Waals surface area contributed by atoms with Crippen molar-refractivity contribution in [2.24, 2.45) is 5.92 Å². The van der Waals surface area contributed by atoms with E-state index in [-0.39, 0.29) is 52.7 Å². The summed E-state index contributed by atoms with van der Waals surface area (Å²) in [6.07, 6.45) is -0.930. The molecule has 1 saturated carbocycles. The molecule has 0 radical (unpaired) electrons. The van der Waals surface area contributed by atoms with Gasteiger partial charge in [-0.25, -0.2) is 9.97 Å². The second-order valence-electron chi connectivity index (χ2n) is 6.96. The van der Waals surface area contributed by atoms with E-state index in [2.05, 4.69) is 20.3 Å². The van der Waals surface area contributed by atoms with Gasteiger partial charge in [0.2, 0.25) is 11.7 Å². The number of rotatable bonds is 5. The summed E-state index contributed by atoms with van der Waals surface area (Å²) < 4.78 is 5.67. The Labute approximate surface area is 173 Å². The Morgan fingerprint density at radius 2 is 2.10 bits per heavy atom. The molecule has 6 N–H and O–H groups in total. The Kier molecular flexibility index (Phi) is 5.15. The van der Waals surface area contributed by atoms with E-state index in [1.807, 2.05) is 0 Å². The first-order valence-corrected chi connectivity index (χ1v) is 9.27. The van der Waals surface area contributed by atoms with E-state index in [4.69, 9.17) is 21.8 Å². The highest BCUT2D eigenvalue weighted by Gasteiger charge is 2.41. The molecule has 4 atom stereocenters. The number of nitro groups is 1. The maximum absolute atomic E-state index is 11.0. The van der Waals surface area contributed by atoms with Crippen LogP contribution in [-0.4, -0.2) is 60.1 Å². The summed E-state index contributed by atoms with van der Waals surface area (Å²) in [4.78, 5) is 22.4. The zero-order valence-corrected chi connectivity index (χ0v) is 16.0. The molecule has 1 aliphatic carbocycles. The van der Waals surface area contributed by atoms with Gasteiger partial charge in [0.05, 0.1) is 22.6 Å². The number of nitrogens with two attached hydrogens (primary N) is 1. The van der Waals surface area contributed by atoms with Gasteiger partial charge in [0, 0.05) is 24.0 Å². The van der Waals surface area contributed by atoms with E-state index in [1.54, 1.807) is 0 Å². The van der Waals surface area contributed by atoms with Crippen molar-refractivity contribution < 1.29 is 24.7 Å². The van der Waals surface area contributed by atoms with Crippen LogP contribution < -0.4 is 11.1 Å². The van der Waals surface area contributed by atoms with Crippen molar-refractivity contribution >= 4 is 40.2 Å². The van der Waals surface area contributed by atoms with Gasteiger partial charge in [-0.2, -0.15) is 4.98 Å². The van der Waals surface area contributed by atoms with Crippen LogP contribution in [0.2, 0.25) is 5.15 Å². The van der Waals surface area contributed by atoms with E-state index in [0.29, 0.717) is 5.39 Å². The number of nitrogens with zero attached hydrogens (tertiary/aromatic N) is 4. The number of aliphatic hydroxyl groups is 3. The van der Waals surface area contributed by atoms with Crippen LogP contribution in [0.3, 0.4) is 0 Å². The first-order valence-electron chi connectivity index (χ1n) is 8.89. The van der Waals surface area contributed by atoms with Crippen molar-refractivity contribution in [2.45, 2.75) is 24.7 Å². The van der Waals surface area contributed by atoms with E-state index < -0.39 is 29.1 Å². The van der Waals surface area contributed by atoms with Crippen LogP contribution in [0.25, 0.3) is 22.4 Å². The maximum Gasteiger partial charge on any atom is 0.288 e. The van der Waals surface area contributed by atoms with Crippen LogP contribution in [0, 0.1) is 16.0 Å². The summed E-state index contributed by atoms with van der Waals surface area (Å²) in [6, 6.07) is 2.15. The number of nitrogen functional groups attached to an aromatic ring is 1. The monoisotopic (exact) mass is 436 g/mol. The number of aromatic nitrogens is 3. The molecule has 13 heteroatoms. The molecule has 3 aromatic rings. The lowest BCUT2D eigenvalue weighted by molar-refractivity contribution is -0.385. The van der Waals surface area contributed by atoms with E-state index in [1.165, 1.54) is 12.1 Å². The molecule has 158 valence electrons. The minimum atomic E-state index is -1.16. The molecular weight excluding hydrogens is 420 g/mol. The van der Waals surface area contributed by atoms with Crippen LogP contribution in [-0.2, 0) is 0 Å². The number of furan rings is 1. The molecule has 0 saturated heterocycles. The quantitative estimate of drug-likeness (QED) is 0.217. The lowest BCUT2D eigenvalue weighted by Crippen LogP contribution is -2.35. The first kappa shape index (κ1) is 20.2. The molecule has 0 unspecified atom stereocenters. The average molecular weight is 437 g/mol. The van der Waals surface area contributed by atoms with Crippen molar-refractivity contribution in [3.05, 3.63) is 33.6 Å². The highest BCUT2D eigenvalue weighted by molar-refractivity contribution is 6.32. The van der Waals surface area contributed by atoms with E-state index in [0.717, 1.165) is 6.20 Å². The van der Waals surface area contributed by atoms with Crippen molar-refractivity contribution in [3.8, 4) is 11.3 Å². The van der Waals surface area contributed by atoms with Gasteiger partial charge >= 0.3 is 0 Å². The Hall–Kier alpha value is -3.06. The number of hydrogen-bond donors (Lipinski definition) is 5. The molecule has 30 heavy (non-hydrogen) atoms. The number of halogens is 1. The van der Waals surface area contributed by atoms with Crippen LogP contribution >= 0.6 is 11.6 Å². The molecule has 0 bridgehead atoms. The van der Waals surface area contributed by atoms with E-state index >= 15 is 0 Å². The van der Waals surface area contributed by atoms with Gasteiger partial charge in [0.25, 0.3) is 5.69 Å². The summed E-state index contributed by atoms with van der Waals surface area (Å²) in [7, 11) is 0. The van der Waals surface area contributed by atoms with Crippen LogP contribution in [0.15, 0.2) is 22.7 Å². The fraction of sp³-hybridized carbons (Fsp3) is 0.353. The smallest absolute Gasteiger partial charge is 0.288 e.